The van der Waals surface area contributed by atoms with Gasteiger partial charge in [-0.2, -0.15) is 0 Å². The van der Waals surface area contributed by atoms with E-state index in [4.69, 9.17) is 15.2 Å². The third-order valence-corrected chi connectivity index (χ3v) is 9.31. The Kier molecular flexibility index (Phi) is 16.9. The molecule has 2 aromatic carbocycles. The number of carbonyl (C=O) groups excluding carboxylic acids is 5. The zero-order valence-corrected chi connectivity index (χ0v) is 33.2. The van der Waals surface area contributed by atoms with Crippen LogP contribution in [0.5, 0.6) is 0 Å². The number of rotatable bonds is 18. The molecule has 7 N–H and O–H groups in total. The number of nitrogens with one attached hydrogen (secondary N) is 4. The molecule has 0 heterocycles. The molecule has 3 rings (SSSR count). The summed E-state index contributed by atoms with van der Waals surface area (Å²) in [6, 6.07) is 9.61. The minimum absolute atomic E-state index is 0.0381. The van der Waals surface area contributed by atoms with Crippen molar-refractivity contribution in [2.45, 2.75) is 135 Å². The molecule has 4 amide bonds. The minimum Gasteiger partial charge on any atom is -0.480 e. The number of nitrogens with two attached hydrogens (primary N) is 1. The van der Waals surface area contributed by atoms with Crippen LogP contribution in [0.25, 0.3) is 10.8 Å². The van der Waals surface area contributed by atoms with Gasteiger partial charge in [-0.1, -0.05) is 42.5 Å². The zero-order valence-electron chi connectivity index (χ0n) is 33.2. The topological polar surface area (TPSA) is 215 Å². The Bertz CT molecular complexity index is 1630. The lowest BCUT2D eigenvalue weighted by Gasteiger charge is -2.28. The first-order valence-electron chi connectivity index (χ1n) is 19.3. The summed E-state index contributed by atoms with van der Waals surface area (Å²) in [6.45, 7) is 10.9. The van der Waals surface area contributed by atoms with Crippen LogP contribution in [-0.2, 0) is 39.9 Å². The van der Waals surface area contributed by atoms with Crippen LogP contribution in [0.3, 0.4) is 0 Å². The van der Waals surface area contributed by atoms with Gasteiger partial charge in [0.1, 0.15) is 29.3 Å². The van der Waals surface area contributed by atoms with E-state index in [1.807, 2.05) is 42.5 Å². The predicted octanol–water partition coefficient (Wildman–Crippen LogP) is 4.50. The molecular formula is C41H61N5O9. The Hall–Kier alpha value is -4.72. The Balaban J connectivity index is 1.56. The second-order valence-electron chi connectivity index (χ2n) is 16.4. The molecule has 14 heteroatoms. The van der Waals surface area contributed by atoms with Crippen LogP contribution in [0, 0.1) is 11.8 Å². The van der Waals surface area contributed by atoms with Gasteiger partial charge in [-0.3, -0.25) is 14.4 Å². The zero-order chi connectivity index (χ0) is 40.8. The number of carboxylic acid groups (broad SMARTS) is 1. The van der Waals surface area contributed by atoms with Crippen molar-refractivity contribution in [3.05, 3.63) is 48.0 Å². The summed E-state index contributed by atoms with van der Waals surface area (Å²) in [7, 11) is 0. The fourth-order valence-corrected chi connectivity index (χ4v) is 6.46. The first-order valence-corrected chi connectivity index (χ1v) is 19.3. The lowest BCUT2D eigenvalue weighted by molar-refractivity contribution is -0.158. The summed E-state index contributed by atoms with van der Waals surface area (Å²) in [5.41, 5.74) is 5.13. The van der Waals surface area contributed by atoms with Gasteiger partial charge in [0.2, 0.25) is 11.8 Å². The van der Waals surface area contributed by atoms with Crippen molar-refractivity contribution in [1.29, 1.82) is 0 Å². The first kappa shape index (κ1) is 44.7. The number of unbranched alkanes of at least 4 members (excludes halogenated alkanes) is 1. The average molecular weight is 768 g/mol. The highest BCUT2D eigenvalue weighted by atomic mass is 16.6. The van der Waals surface area contributed by atoms with E-state index in [0.717, 1.165) is 42.0 Å². The second-order valence-corrected chi connectivity index (χ2v) is 16.4. The summed E-state index contributed by atoms with van der Waals surface area (Å²) in [5.74, 6) is -2.88. The van der Waals surface area contributed by atoms with Crippen molar-refractivity contribution in [2.24, 2.45) is 17.6 Å². The molecule has 1 aliphatic carbocycles. The molecule has 0 bridgehead atoms. The van der Waals surface area contributed by atoms with Gasteiger partial charge < -0.3 is 41.6 Å². The molecule has 0 aliphatic heterocycles. The quantitative estimate of drug-likeness (QED) is 0.0923. The van der Waals surface area contributed by atoms with Gasteiger partial charge in [0.25, 0.3) is 0 Å². The van der Waals surface area contributed by atoms with Gasteiger partial charge in [0, 0.05) is 25.3 Å². The average Bonchev–Trinajstić information content (AvgIpc) is 3.10. The van der Waals surface area contributed by atoms with E-state index < -0.39 is 53.3 Å². The van der Waals surface area contributed by atoms with Gasteiger partial charge in [0.15, 0.2) is 0 Å². The van der Waals surface area contributed by atoms with Crippen LogP contribution < -0.4 is 27.0 Å². The van der Waals surface area contributed by atoms with Crippen LogP contribution in [0.4, 0.5) is 4.79 Å². The maximum Gasteiger partial charge on any atom is 0.329 e. The minimum atomic E-state index is -1.30. The molecule has 14 nitrogen and oxygen atoms in total. The van der Waals surface area contributed by atoms with E-state index in [-0.39, 0.29) is 43.5 Å². The molecule has 1 fully saturated rings. The Morgan fingerprint density at radius 2 is 1.42 bits per heavy atom. The second kappa shape index (κ2) is 20.8. The monoisotopic (exact) mass is 767 g/mol. The third-order valence-electron chi connectivity index (χ3n) is 9.31. The molecule has 0 aromatic heterocycles. The molecule has 55 heavy (non-hydrogen) atoms. The number of carboxylic acids is 1. The predicted molar refractivity (Wildman–Crippen MR) is 209 cm³/mol. The molecule has 2 aromatic rings. The van der Waals surface area contributed by atoms with Gasteiger partial charge in [0.05, 0.1) is 0 Å². The van der Waals surface area contributed by atoms with E-state index in [9.17, 15) is 33.9 Å². The lowest BCUT2D eigenvalue weighted by atomic mass is 9.81. The summed E-state index contributed by atoms with van der Waals surface area (Å²) >= 11 is 0. The Morgan fingerprint density at radius 3 is 2.04 bits per heavy atom. The van der Waals surface area contributed by atoms with Crippen molar-refractivity contribution in [3.8, 4) is 0 Å². The molecule has 1 aliphatic rings. The normalized spacial score (nSPS) is 17.6. The molecule has 0 radical (unpaired) electrons. The number of hydrogen-bond acceptors (Lipinski definition) is 9. The largest absolute Gasteiger partial charge is 0.480 e. The number of hydrogen-bond donors (Lipinski definition) is 6. The van der Waals surface area contributed by atoms with Crippen LogP contribution >= 0.6 is 0 Å². The maximum atomic E-state index is 13.5. The van der Waals surface area contributed by atoms with Crippen molar-refractivity contribution >= 4 is 46.5 Å². The van der Waals surface area contributed by atoms with Crippen molar-refractivity contribution in [1.82, 2.24) is 21.3 Å². The Labute approximate surface area is 324 Å². The standard InChI is InChI=1S/C41H61N5O9/c1-40(2,3)54-34(47)21-20-32(38(52)55-41(4,5)6)46-39(53)45-31(37(50)51)13-9-10-22-43-36(49)33(44-35(48)29-18-14-26(25-42)15-19-29)24-27-16-17-28-11-7-8-12-30(28)23-27/h7-8,11-12,16-17,23,26,29,31-33H,9-10,13-15,18-22,24-25,42H2,1-6H3,(H,43,49)(H,44,48)(H,50,51)(H2,45,46,53)/t26?,29?,31-,32-,33-/m0/s1. The van der Waals surface area contributed by atoms with E-state index in [0.29, 0.717) is 31.7 Å². The summed E-state index contributed by atoms with van der Waals surface area (Å²) in [6.07, 6.45) is 3.96. The van der Waals surface area contributed by atoms with E-state index in [2.05, 4.69) is 21.3 Å². The van der Waals surface area contributed by atoms with Crippen LogP contribution in [0.1, 0.15) is 105 Å². The number of amides is 4. The molecule has 0 saturated heterocycles. The van der Waals surface area contributed by atoms with Crippen LogP contribution in [-0.4, -0.2) is 83.3 Å². The van der Waals surface area contributed by atoms with Gasteiger partial charge in [-0.15, -0.1) is 0 Å². The van der Waals surface area contributed by atoms with Gasteiger partial charge in [-0.05, 0) is 122 Å². The fraction of sp³-hybridized carbons (Fsp3) is 0.610. The van der Waals surface area contributed by atoms with E-state index in [1.165, 1.54) is 0 Å². The van der Waals surface area contributed by atoms with E-state index in [1.54, 1.807) is 41.5 Å². The number of ether oxygens (including phenoxy) is 2. The molecule has 304 valence electrons. The van der Waals surface area contributed by atoms with Crippen molar-refractivity contribution in [2.75, 3.05) is 13.1 Å². The summed E-state index contributed by atoms with van der Waals surface area (Å²) < 4.78 is 10.7. The van der Waals surface area contributed by atoms with Gasteiger partial charge in [-0.25, -0.2) is 14.4 Å². The van der Waals surface area contributed by atoms with E-state index >= 15 is 0 Å². The highest BCUT2D eigenvalue weighted by Gasteiger charge is 2.31. The number of carbonyl (C=O) groups is 6. The summed E-state index contributed by atoms with van der Waals surface area (Å²) in [5, 5.41) is 22.7. The smallest absolute Gasteiger partial charge is 0.329 e. The number of aliphatic carboxylic acids is 1. The highest BCUT2D eigenvalue weighted by molar-refractivity contribution is 5.89. The molecule has 0 unspecified atom stereocenters. The van der Waals surface area contributed by atoms with Gasteiger partial charge >= 0.3 is 23.9 Å². The lowest BCUT2D eigenvalue weighted by Crippen LogP contribution is -2.52. The first-order chi connectivity index (χ1) is 25.8. The van der Waals surface area contributed by atoms with Crippen molar-refractivity contribution < 1.29 is 43.3 Å². The maximum absolute atomic E-state index is 13.5. The molecule has 3 atom stereocenters. The van der Waals surface area contributed by atoms with Crippen molar-refractivity contribution in [3.63, 3.8) is 0 Å². The third kappa shape index (κ3) is 16.3. The fourth-order valence-electron chi connectivity index (χ4n) is 6.46. The summed E-state index contributed by atoms with van der Waals surface area (Å²) in [4.78, 5) is 77.0. The van der Waals surface area contributed by atoms with Crippen LogP contribution in [0.2, 0.25) is 0 Å². The number of esters is 2. The number of fused-ring (bicyclic) bond motifs is 1. The Morgan fingerprint density at radius 1 is 0.782 bits per heavy atom. The van der Waals surface area contributed by atoms with Crippen LogP contribution in [0.15, 0.2) is 42.5 Å². The number of benzene rings is 2. The molecular weight excluding hydrogens is 706 g/mol. The SMILES string of the molecule is CC(C)(C)OC(=O)CC[C@H](NC(=O)N[C@@H](CCCCNC(=O)[C@H](Cc1ccc2ccccc2c1)NC(=O)C1CCC(CN)CC1)C(=O)O)C(=O)OC(C)(C)C. The highest BCUT2D eigenvalue weighted by Crippen LogP contribution is 2.28. The number of urea groups is 1. The molecule has 0 spiro atoms. The molecule has 1 saturated carbocycles.